The average Bonchev–Trinajstić information content (AvgIpc) is 2.82. The Bertz CT molecular complexity index is 519. The molecule has 1 aliphatic heterocycles. The van der Waals surface area contributed by atoms with E-state index in [4.69, 9.17) is 9.84 Å². The van der Waals surface area contributed by atoms with Crippen LogP contribution in [0.3, 0.4) is 0 Å². The maximum atomic E-state index is 12.2. The minimum atomic E-state index is -1.06. The van der Waals surface area contributed by atoms with E-state index in [-0.39, 0.29) is 23.9 Å². The molecule has 0 aromatic carbocycles. The van der Waals surface area contributed by atoms with Crippen LogP contribution in [0.4, 0.5) is 4.79 Å². The van der Waals surface area contributed by atoms with Crippen LogP contribution < -0.4 is 5.32 Å². The number of carbonyl (C=O) groups is 2. The number of aromatic nitrogens is 1. The van der Waals surface area contributed by atoms with Crippen LogP contribution in [0, 0.1) is 0 Å². The molecule has 0 radical (unpaired) electrons. The molecule has 2 atom stereocenters. The van der Waals surface area contributed by atoms with Gasteiger partial charge in [0, 0.05) is 25.1 Å². The van der Waals surface area contributed by atoms with Gasteiger partial charge in [-0.15, -0.1) is 11.3 Å². The summed E-state index contributed by atoms with van der Waals surface area (Å²) in [6, 6.07) is -0.498. The maximum absolute atomic E-state index is 12.2. The fourth-order valence-corrected chi connectivity index (χ4v) is 2.90. The van der Waals surface area contributed by atoms with Crippen LogP contribution in [-0.4, -0.2) is 52.8 Å². The first-order valence-corrected chi connectivity index (χ1v) is 7.71. The number of carbonyl (C=O) groups excluding carboxylic acids is 1. The summed E-state index contributed by atoms with van der Waals surface area (Å²) in [5.41, 5.74) is 0.00731. The fourth-order valence-electron chi connectivity index (χ4n) is 2.10. The van der Waals surface area contributed by atoms with Crippen LogP contribution in [0.25, 0.3) is 0 Å². The molecule has 21 heavy (non-hydrogen) atoms. The number of carboxylic acid groups (broad SMARTS) is 1. The van der Waals surface area contributed by atoms with E-state index in [2.05, 4.69) is 10.3 Å². The number of thiazole rings is 1. The lowest BCUT2D eigenvalue weighted by Crippen LogP contribution is -2.43. The predicted molar refractivity (Wildman–Crippen MR) is 77.6 cm³/mol. The highest BCUT2D eigenvalue weighted by atomic mass is 32.1. The maximum Gasteiger partial charge on any atom is 0.355 e. The van der Waals surface area contributed by atoms with Gasteiger partial charge in [-0.3, -0.25) is 0 Å². The summed E-state index contributed by atoms with van der Waals surface area (Å²) in [5.74, 6) is -1.06. The number of aromatic carboxylic acids is 1. The third kappa shape index (κ3) is 4.15. The van der Waals surface area contributed by atoms with Crippen LogP contribution in [-0.2, 0) is 4.74 Å². The summed E-state index contributed by atoms with van der Waals surface area (Å²) in [5, 5.41) is 13.8. The largest absolute Gasteiger partial charge is 0.476 e. The van der Waals surface area contributed by atoms with Crippen molar-refractivity contribution in [2.45, 2.75) is 32.4 Å². The highest BCUT2D eigenvalue weighted by molar-refractivity contribution is 7.09. The fraction of sp³-hybridized carbons (Fsp3) is 0.615. The summed E-state index contributed by atoms with van der Waals surface area (Å²) in [6.07, 6.45) is 0.832. The summed E-state index contributed by atoms with van der Waals surface area (Å²) in [6.45, 7) is 5.60. The lowest BCUT2D eigenvalue weighted by molar-refractivity contribution is 0.0690. The molecule has 0 aliphatic carbocycles. The quantitative estimate of drug-likeness (QED) is 0.886. The Kier molecular flexibility index (Phi) is 5.13. The molecule has 8 heteroatoms. The van der Waals surface area contributed by atoms with Crippen molar-refractivity contribution in [3.63, 3.8) is 0 Å². The van der Waals surface area contributed by atoms with Crippen molar-refractivity contribution in [1.29, 1.82) is 0 Å². The van der Waals surface area contributed by atoms with Crippen molar-refractivity contribution in [2.24, 2.45) is 0 Å². The second-order valence-electron chi connectivity index (χ2n) is 5.03. The van der Waals surface area contributed by atoms with Gasteiger partial charge in [-0.25, -0.2) is 14.6 Å². The molecule has 2 unspecified atom stereocenters. The number of amides is 2. The van der Waals surface area contributed by atoms with Gasteiger partial charge in [-0.2, -0.15) is 0 Å². The monoisotopic (exact) mass is 313 g/mol. The molecule has 1 fully saturated rings. The van der Waals surface area contributed by atoms with E-state index in [0.29, 0.717) is 24.7 Å². The van der Waals surface area contributed by atoms with Gasteiger partial charge in [0.1, 0.15) is 5.01 Å². The second-order valence-corrected chi connectivity index (χ2v) is 5.92. The third-order valence-electron chi connectivity index (χ3n) is 3.19. The first-order chi connectivity index (χ1) is 9.97. The van der Waals surface area contributed by atoms with Gasteiger partial charge in [-0.05, 0) is 20.3 Å². The molecular formula is C13H19N3O4S. The molecular weight excluding hydrogens is 294 g/mol. The van der Waals surface area contributed by atoms with Gasteiger partial charge in [0.15, 0.2) is 5.69 Å². The van der Waals surface area contributed by atoms with Gasteiger partial charge in [0.2, 0.25) is 0 Å². The Labute approximate surface area is 126 Å². The Hall–Kier alpha value is -1.67. The minimum absolute atomic E-state index is 0.00731. The summed E-state index contributed by atoms with van der Waals surface area (Å²) < 4.78 is 5.51. The van der Waals surface area contributed by atoms with Gasteiger partial charge < -0.3 is 20.1 Å². The van der Waals surface area contributed by atoms with Gasteiger partial charge in [-0.1, -0.05) is 0 Å². The van der Waals surface area contributed by atoms with Crippen molar-refractivity contribution < 1.29 is 19.4 Å². The smallest absolute Gasteiger partial charge is 0.355 e. The van der Waals surface area contributed by atoms with E-state index in [1.165, 1.54) is 16.7 Å². The van der Waals surface area contributed by atoms with Gasteiger partial charge in [0.05, 0.1) is 12.1 Å². The zero-order chi connectivity index (χ0) is 15.4. The normalized spacial score (nSPS) is 20.7. The first-order valence-electron chi connectivity index (χ1n) is 6.83. The zero-order valence-electron chi connectivity index (χ0n) is 12.0. The molecule has 1 aliphatic rings. The van der Waals surface area contributed by atoms with Crippen LogP contribution >= 0.6 is 11.3 Å². The number of nitrogens with one attached hydrogen (secondary N) is 1. The van der Waals surface area contributed by atoms with E-state index < -0.39 is 5.97 Å². The topological polar surface area (TPSA) is 91.8 Å². The molecule has 2 heterocycles. The molecule has 0 spiro atoms. The Morgan fingerprint density at radius 3 is 3.05 bits per heavy atom. The molecule has 1 saturated heterocycles. The van der Waals surface area contributed by atoms with Gasteiger partial charge >= 0.3 is 12.0 Å². The molecule has 1 aromatic heterocycles. The Morgan fingerprint density at radius 2 is 2.38 bits per heavy atom. The highest BCUT2D eigenvalue weighted by Crippen LogP contribution is 2.18. The minimum Gasteiger partial charge on any atom is -0.476 e. The number of rotatable bonds is 3. The molecule has 0 bridgehead atoms. The lowest BCUT2D eigenvalue weighted by atomic mass is 10.3. The van der Waals surface area contributed by atoms with E-state index in [9.17, 15) is 9.59 Å². The molecule has 0 saturated carbocycles. The van der Waals surface area contributed by atoms with Crippen molar-refractivity contribution in [2.75, 3.05) is 19.7 Å². The summed E-state index contributed by atoms with van der Waals surface area (Å²) in [4.78, 5) is 28.8. The predicted octanol–water partition coefficient (Wildman–Crippen LogP) is 1.72. The second kappa shape index (κ2) is 6.86. The van der Waals surface area contributed by atoms with Crippen LogP contribution in [0.2, 0.25) is 0 Å². The molecule has 116 valence electrons. The molecule has 2 rings (SSSR count). The van der Waals surface area contributed by atoms with Crippen LogP contribution in [0.5, 0.6) is 0 Å². The van der Waals surface area contributed by atoms with Crippen LogP contribution in [0.15, 0.2) is 5.38 Å². The Balaban J connectivity index is 1.95. The van der Waals surface area contributed by atoms with E-state index in [0.717, 1.165) is 6.42 Å². The van der Waals surface area contributed by atoms with E-state index >= 15 is 0 Å². The molecule has 1 aromatic rings. The Morgan fingerprint density at radius 1 is 1.62 bits per heavy atom. The number of urea groups is 1. The number of hydrogen-bond donors (Lipinski definition) is 2. The van der Waals surface area contributed by atoms with E-state index in [1.54, 1.807) is 11.8 Å². The molecule has 2 amide bonds. The number of hydrogen-bond acceptors (Lipinski definition) is 5. The lowest BCUT2D eigenvalue weighted by Gasteiger charge is -2.24. The molecule has 2 N–H and O–H groups in total. The van der Waals surface area contributed by atoms with Crippen molar-refractivity contribution in [3.8, 4) is 0 Å². The first kappa shape index (κ1) is 15.7. The van der Waals surface area contributed by atoms with E-state index in [1.807, 2.05) is 6.92 Å². The van der Waals surface area contributed by atoms with Crippen molar-refractivity contribution in [1.82, 2.24) is 15.2 Å². The summed E-state index contributed by atoms with van der Waals surface area (Å²) >= 11 is 1.23. The SMILES string of the molecule is CC1CN(C(=O)NC(C)c2nc(C(=O)O)cs2)CCCO1. The third-order valence-corrected chi connectivity index (χ3v) is 4.22. The van der Waals surface area contributed by atoms with Crippen LogP contribution in [0.1, 0.15) is 41.8 Å². The average molecular weight is 313 g/mol. The summed E-state index contributed by atoms with van der Waals surface area (Å²) in [7, 11) is 0. The zero-order valence-corrected chi connectivity index (χ0v) is 12.9. The van der Waals surface area contributed by atoms with Crippen molar-refractivity contribution >= 4 is 23.3 Å². The highest BCUT2D eigenvalue weighted by Gasteiger charge is 2.22. The number of ether oxygens (including phenoxy) is 1. The van der Waals surface area contributed by atoms with Crippen molar-refractivity contribution in [3.05, 3.63) is 16.1 Å². The number of nitrogens with zero attached hydrogens (tertiary/aromatic N) is 2. The number of carboxylic acids is 1. The molecule has 7 nitrogen and oxygen atoms in total. The van der Waals surface area contributed by atoms with Gasteiger partial charge in [0.25, 0.3) is 0 Å². The standard InChI is InChI=1S/C13H19N3O4S/c1-8-6-16(4-3-5-20-8)13(19)14-9(2)11-15-10(7-21-11)12(17)18/h7-9H,3-6H2,1-2H3,(H,14,19)(H,17,18).